The zero-order valence-electron chi connectivity index (χ0n) is 10.2. The van der Waals surface area contributed by atoms with Crippen LogP contribution in [-0.2, 0) is 4.79 Å². The number of amides is 1. The number of nitrogens with two attached hydrogens (primary N) is 1. The van der Waals surface area contributed by atoms with Gasteiger partial charge in [0, 0.05) is 24.4 Å². The maximum absolute atomic E-state index is 14.2. The van der Waals surface area contributed by atoms with Gasteiger partial charge in [0.2, 0.25) is 5.67 Å². The van der Waals surface area contributed by atoms with Crippen LogP contribution in [0.4, 0.5) is 15.8 Å². The molecule has 1 amide bonds. The number of hydrogen-bond donors (Lipinski definition) is 1. The number of non-ortho nitro benzene ring substituents is 1. The summed E-state index contributed by atoms with van der Waals surface area (Å²) in [6.07, 6.45) is 0.627. The maximum atomic E-state index is 14.2. The summed E-state index contributed by atoms with van der Waals surface area (Å²) >= 11 is 0. The lowest BCUT2D eigenvalue weighted by Crippen LogP contribution is -2.53. The minimum absolute atomic E-state index is 0.0258. The van der Waals surface area contributed by atoms with Crippen LogP contribution in [0, 0.1) is 10.1 Å². The molecule has 1 aliphatic rings. The van der Waals surface area contributed by atoms with E-state index in [4.69, 9.17) is 5.73 Å². The first-order chi connectivity index (χ1) is 8.92. The monoisotopic (exact) mass is 267 g/mol. The molecule has 2 rings (SSSR count). The van der Waals surface area contributed by atoms with Crippen molar-refractivity contribution in [1.82, 2.24) is 0 Å². The van der Waals surface area contributed by atoms with Crippen molar-refractivity contribution in [2.75, 3.05) is 18.0 Å². The molecule has 1 fully saturated rings. The summed E-state index contributed by atoms with van der Waals surface area (Å²) in [4.78, 5) is 22.9. The molecule has 1 aromatic carbocycles. The van der Waals surface area contributed by atoms with E-state index in [0.717, 1.165) is 0 Å². The molecule has 2 N–H and O–H groups in total. The number of primary amides is 1. The van der Waals surface area contributed by atoms with E-state index in [1.807, 2.05) is 0 Å². The lowest BCUT2D eigenvalue weighted by molar-refractivity contribution is -0.384. The van der Waals surface area contributed by atoms with Gasteiger partial charge >= 0.3 is 0 Å². The van der Waals surface area contributed by atoms with Gasteiger partial charge in [0.15, 0.2) is 0 Å². The second-order valence-corrected chi connectivity index (χ2v) is 4.63. The molecule has 1 aliphatic heterocycles. The number of carbonyl (C=O) groups excluding carboxylic acids is 1. The van der Waals surface area contributed by atoms with Crippen molar-refractivity contribution >= 4 is 17.3 Å². The number of nitro benzene ring substituents is 1. The summed E-state index contributed by atoms with van der Waals surface area (Å²) in [7, 11) is 0. The maximum Gasteiger partial charge on any atom is 0.269 e. The van der Waals surface area contributed by atoms with E-state index in [9.17, 15) is 19.3 Å². The molecular formula is C12H14FN3O3. The molecule has 1 atom stereocenters. The van der Waals surface area contributed by atoms with Crippen LogP contribution in [0.3, 0.4) is 0 Å². The van der Waals surface area contributed by atoms with Gasteiger partial charge in [-0.25, -0.2) is 4.39 Å². The molecule has 1 saturated heterocycles. The highest BCUT2D eigenvalue weighted by Gasteiger charge is 2.41. The van der Waals surface area contributed by atoms with Crippen molar-refractivity contribution in [1.29, 1.82) is 0 Å². The molecule has 1 unspecified atom stereocenters. The molecule has 1 heterocycles. The molecule has 102 valence electrons. The van der Waals surface area contributed by atoms with E-state index in [2.05, 4.69) is 0 Å². The van der Waals surface area contributed by atoms with Crippen LogP contribution in [0.5, 0.6) is 0 Å². The Morgan fingerprint density at radius 3 is 2.58 bits per heavy atom. The van der Waals surface area contributed by atoms with Gasteiger partial charge in [-0.3, -0.25) is 14.9 Å². The van der Waals surface area contributed by atoms with Crippen molar-refractivity contribution in [2.45, 2.75) is 18.5 Å². The highest BCUT2D eigenvalue weighted by molar-refractivity contribution is 5.84. The number of piperidine rings is 1. The van der Waals surface area contributed by atoms with Gasteiger partial charge in [0.05, 0.1) is 11.5 Å². The Morgan fingerprint density at radius 2 is 2.05 bits per heavy atom. The molecule has 0 aliphatic carbocycles. The van der Waals surface area contributed by atoms with Gasteiger partial charge in [0.1, 0.15) is 0 Å². The summed E-state index contributed by atoms with van der Waals surface area (Å²) in [5, 5.41) is 10.6. The average molecular weight is 267 g/mol. The van der Waals surface area contributed by atoms with Gasteiger partial charge in [-0.05, 0) is 25.0 Å². The van der Waals surface area contributed by atoms with Crippen molar-refractivity contribution in [3.63, 3.8) is 0 Å². The third-order valence-corrected chi connectivity index (χ3v) is 3.31. The van der Waals surface area contributed by atoms with Crippen molar-refractivity contribution < 1.29 is 14.1 Å². The number of hydrogen-bond acceptors (Lipinski definition) is 4. The first kappa shape index (κ1) is 13.3. The molecule has 19 heavy (non-hydrogen) atoms. The van der Waals surface area contributed by atoms with Crippen LogP contribution in [0.25, 0.3) is 0 Å². The number of nitrogens with zero attached hydrogens (tertiary/aromatic N) is 2. The topological polar surface area (TPSA) is 89.5 Å². The fraction of sp³-hybridized carbons (Fsp3) is 0.417. The number of carbonyl (C=O) groups is 1. The predicted molar refractivity (Wildman–Crippen MR) is 67.6 cm³/mol. The molecule has 0 radical (unpaired) electrons. The highest BCUT2D eigenvalue weighted by Crippen LogP contribution is 2.29. The van der Waals surface area contributed by atoms with Crippen LogP contribution in [0.15, 0.2) is 24.3 Å². The summed E-state index contributed by atoms with van der Waals surface area (Å²) < 4.78 is 14.2. The van der Waals surface area contributed by atoms with Crippen molar-refractivity contribution in [3.8, 4) is 0 Å². The Labute approximate surface area is 109 Å². The van der Waals surface area contributed by atoms with E-state index in [0.29, 0.717) is 18.7 Å². The lowest BCUT2D eigenvalue weighted by atomic mass is 9.93. The van der Waals surface area contributed by atoms with Crippen LogP contribution in [0.1, 0.15) is 12.8 Å². The van der Waals surface area contributed by atoms with Crippen LogP contribution in [-0.4, -0.2) is 29.6 Å². The molecule has 1 aromatic rings. The van der Waals surface area contributed by atoms with E-state index in [1.54, 1.807) is 17.0 Å². The number of rotatable bonds is 3. The molecule has 7 heteroatoms. The third-order valence-electron chi connectivity index (χ3n) is 3.31. The van der Waals surface area contributed by atoms with E-state index < -0.39 is 16.5 Å². The van der Waals surface area contributed by atoms with E-state index >= 15 is 0 Å². The SMILES string of the molecule is NC(=O)C1(F)CCCN(c2ccc([N+](=O)[O-])cc2)C1. The second kappa shape index (κ2) is 4.83. The van der Waals surface area contributed by atoms with Gasteiger partial charge in [-0.2, -0.15) is 0 Å². The second-order valence-electron chi connectivity index (χ2n) is 4.63. The summed E-state index contributed by atoms with van der Waals surface area (Å²) in [6.45, 7) is 0.483. The van der Waals surface area contributed by atoms with Gasteiger partial charge < -0.3 is 10.6 Å². The Hall–Kier alpha value is -2.18. The largest absolute Gasteiger partial charge is 0.368 e. The summed E-state index contributed by atoms with van der Waals surface area (Å²) in [5.41, 5.74) is 3.67. The van der Waals surface area contributed by atoms with Gasteiger partial charge in [-0.1, -0.05) is 0 Å². The van der Waals surface area contributed by atoms with E-state index in [1.165, 1.54) is 12.1 Å². The zero-order chi connectivity index (χ0) is 14.0. The quantitative estimate of drug-likeness (QED) is 0.662. The van der Waals surface area contributed by atoms with Crippen LogP contribution < -0.4 is 10.6 Å². The smallest absolute Gasteiger partial charge is 0.269 e. The Bertz CT molecular complexity index is 505. The predicted octanol–water partition coefficient (Wildman–Crippen LogP) is 1.39. The average Bonchev–Trinajstić information content (AvgIpc) is 2.39. The first-order valence-corrected chi connectivity index (χ1v) is 5.91. The molecule has 6 nitrogen and oxygen atoms in total. The standard InChI is InChI=1S/C12H14FN3O3/c13-12(11(14)17)6-1-7-15(8-12)9-2-4-10(5-3-9)16(18)19/h2-5H,1,6-8H2,(H2,14,17). The van der Waals surface area contributed by atoms with Gasteiger partial charge in [0.25, 0.3) is 11.6 Å². The molecule has 0 saturated carbocycles. The van der Waals surface area contributed by atoms with Crippen molar-refractivity contribution in [2.24, 2.45) is 5.73 Å². The van der Waals surface area contributed by atoms with Gasteiger partial charge in [-0.15, -0.1) is 0 Å². The zero-order valence-corrected chi connectivity index (χ0v) is 10.2. The minimum atomic E-state index is -2.03. The Morgan fingerprint density at radius 1 is 1.42 bits per heavy atom. The number of benzene rings is 1. The number of nitro groups is 1. The Balaban J connectivity index is 2.17. The van der Waals surface area contributed by atoms with Crippen LogP contribution >= 0.6 is 0 Å². The van der Waals surface area contributed by atoms with E-state index in [-0.39, 0.29) is 18.7 Å². The van der Waals surface area contributed by atoms with Crippen molar-refractivity contribution in [3.05, 3.63) is 34.4 Å². The number of anilines is 1. The fourth-order valence-corrected chi connectivity index (χ4v) is 2.22. The molecule has 0 aromatic heterocycles. The molecule has 0 spiro atoms. The first-order valence-electron chi connectivity index (χ1n) is 5.91. The normalized spacial score (nSPS) is 23.1. The summed E-state index contributed by atoms with van der Waals surface area (Å²) in [6, 6.07) is 5.80. The highest BCUT2D eigenvalue weighted by atomic mass is 19.1. The third kappa shape index (κ3) is 2.64. The van der Waals surface area contributed by atoms with Crippen LogP contribution in [0.2, 0.25) is 0 Å². The lowest BCUT2D eigenvalue weighted by Gasteiger charge is -2.36. The summed E-state index contributed by atoms with van der Waals surface area (Å²) in [5.74, 6) is -0.959. The fourth-order valence-electron chi connectivity index (χ4n) is 2.22. The molecule has 0 bridgehead atoms. The minimum Gasteiger partial charge on any atom is -0.368 e. The Kier molecular flexibility index (Phi) is 3.37. The molecular weight excluding hydrogens is 253 g/mol. The number of halogens is 1. The number of alkyl halides is 1.